The summed E-state index contributed by atoms with van der Waals surface area (Å²) in [6.07, 6.45) is 2.49. The van der Waals surface area contributed by atoms with Crippen LogP contribution in [0.5, 0.6) is 11.5 Å². The number of fused-ring (bicyclic) bond motifs is 3. The Balaban J connectivity index is 1.15. The van der Waals surface area contributed by atoms with Crippen LogP contribution < -0.4 is 10.1 Å². The Labute approximate surface area is 208 Å². The van der Waals surface area contributed by atoms with Crippen molar-refractivity contribution in [2.24, 2.45) is 0 Å². The van der Waals surface area contributed by atoms with Gasteiger partial charge < -0.3 is 25.3 Å². The predicted octanol–water partition coefficient (Wildman–Crippen LogP) is 5.77. The second-order valence-electron chi connectivity index (χ2n) is 8.56. The summed E-state index contributed by atoms with van der Waals surface area (Å²) in [5, 5.41) is 25.1. The van der Waals surface area contributed by atoms with Gasteiger partial charge in [-0.25, -0.2) is 0 Å². The van der Waals surface area contributed by atoms with E-state index in [1.165, 1.54) is 6.08 Å². The van der Waals surface area contributed by atoms with Crippen molar-refractivity contribution in [3.63, 3.8) is 0 Å². The van der Waals surface area contributed by atoms with Crippen LogP contribution in [0, 0.1) is 0 Å². The van der Waals surface area contributed by atoms with Crippen molar-refractivity contribution >= 4 is 39.4 Å². The number of aromatic amines is 1. The molecule has 180 valence electrons. The first-order chi connectivity index (χ1) is 17.6. The monoisotopic (exact) mass is 478 g/mol. The minimum Gasteiger partial charge on any atom is -0.508 e. The minimum atomic E-state index is -0.722. The molecule has 6 nitrogen and oxygen atoms in total. The van der Waals surface area contributed by atoms with Crippen molar-refractivity contribution in [2.45, 2.75) is 6.10 Å². The molecule has 4 N–H and O–H groups in total. The third-order valence-corrected chi connectivity index (χ3v) is 5.95. The SMILES string of the molecule is O=C(C=Cc1ccc(O)cc1)c1ccc(NCC(O)COc2cccc3[nH]c4ccccc4c23)cc1. The Kier molecular flexibility index (Phi) is 6.69. The number of rotatable bonds is 9. The second-order valence-corrected chi connectivity index (χ2v) is 8.56. The number of benzene rings is 4. The normalized spacial score (nSPS) is 12.2. The zero-order chi connectivity index (χ0) is 24.9. The minimum absolute atomic E-state index is 0.116. The first-order valence-electron chi connectivity index (χ1n) is 11.7. The van der Waals surface area contributed by atoms with Crippen LogP contribution in [0.25, 0.3) is 27.9 Å². The number of phenols is 1. The van der Waals surface area contributed by atoms with Crippen LogP contribution in [0.2, 0.25) is 0 Å². The zero-order valence-electron chi connectivity index (χ0n) is 19.5. The summed E-state index contributed by atoms with van der Waals surface area (Å²) in [6, 6.07) is 27.7. The van der Waals surface area contributed by atoms with Gasteiger partial charge in [-0.3, -0.25) is 4.79 Å². The summed E-state index contributed by atoms with van der Waals surface area (Å²) in [7, 11) is 0. The number of nitrogens with one attached hydrogen (secondary N) is 2. The summed E-state index contributed by atoms with van der Waals surface area (Å²) >= 11 is 0. The van der Waals surface area contributed by atoms with E-state index in [-0.39, 0.29) is 18.1 Å². The van der Waals surface area contributed by atoms with E-state index in [1.807, 2.05) is 48.5 Å². The zero-order valence-corrected chi connectivity index (χ0v) is 19.5. The number of allylic oxidation sites excluding steroid dienone is 1. The molecular formula is C30H26N2O4. The highest BCUT2D eigenvalue weighted by Crippen LogP contribution is 2.33. The largest absolute Gasteiger partial charge is 0.508 e. The fraction of sp³-hybridized carbons (Fsp3) is 0.100. The molecule has 0 aliphatic carbocycles. The van der Waals surface area contributed by atoms with E-state index in [2.05, 4.69) is 16.4 Å². The number of ether oxygens (including phenoxy) is 1. The highest BCUT2D eigenvalue weighted by atomic mass is 16.5. The van der Waals surface area contributed by atoms with Crippen LogP contribution in [0.1, 0.15) is 15.9 Å². The van der Waals surface area contributed by atoms with Crippen LogP contribution in [-0.2, 0) is 0 Å². The van der Waals surface area contributed by atoms with Gasteiger partial charge in [-0.1, -0.05) is 42.5 Å². The summed E-state index contributed by atoms with van der Waals surface area (Å²) in [4.78, 5) is 15.8. The van der Waals surface area contributed by atoms with Gasteiger partial charge in [0.1, 0.15) is 24.2 Å². The topological polar surface area (TPSA) is 94.6 Å². The molecule has 0 bridgehead atoms. The van der Waals surface area contributed by atoms with Gasteiger partial charge in [0, 0.05) is 34.1 Å². The highest BCUT2D eigenvalue weighted by molar-refractivity contribution is 6.10. The van der Waals surface area contributed by atoms with Crippen molar-refractivity contribution < 1.29 is 19.7 Å². The number of hydrogen-bond donors (Lipinski definition) is 4. The first kappa shape index (κ1) is 23.2. The van der Waals surface area contributed by atoms with Crippen molar-refractivity contribution in [1.82, 2.24) is 4.98 Å². The summed E-state index contributed by atoms with van der Waals surface area (Å²) < 4.78 is 5.98. The molecule has 0 aliphatic heterocycles. The van der Waals surface area contributed by atoms with Gasteiger partial charge in [0.25, 0.3) is 0 Å². The molecule has 4 aromatic carbocycles. The fourth-order valence-corrected chi connectivity index (χ4v) is 4.08. The van der Waals surface area contributed by atoms with E-state index in [0.717, 1.165) is 38.8 Å². The molecule has 5 rings (SSSR count). The van der Waals surface area contributed by atoms with Gasteiger partial charge in [-0.05, 0) is 66.2 Å². The van der Waals surface area contributed by atoms with E-state index >= 15 is 0 Å². The number of carbonyl (C=O) groups excluding carboxylic acids is 1. The third kappa shape index (κ3) is 5.24. The molecule has 0 aliphatic rings. The Bertz CT molecular complexity index is 1520. The first-order valence-corrected chi connectivity index (χ1v) is 11.7. The van der Waals surface area contributed by atoms with Crippen molar-refractivity contribution in [1.29, 1.82) is 0 Å². The number of carbonyl (C=O) groups is 1. The lowest BCUT2D eigenvalue weighted by atomic mass is 10.1. The van der Waals surface area contributed by atoms with Crippen LogP contribution in [0.4, 0.5) is 5.69 Å². The maximum atomic E-state index is 12.4. The molecule has 0 saturated carbocycles. The van der Waals surface area contributed by atoms with E-state index in [0.29, 0.717) is 12.1 Å². The molecule has 5 aromatic rings. The van der Waals surface area contributed by atoms with Gasteiger partial charge >= 0.3 is 0 Å². The van der Waals surface area contributed by atoms with Crippen molar-refractivity contribution in [2.75, 3.05) is 18.5 Å². The van der Waals surface area contributed by atoms with Crippen molar-refractivity contribution in [3.05, 3.63) is 108 Å². The second kappa shape index (κ2) is 10.4. The molecule has 1 unspecified atom stereocenters. The molecular weight excluding hydrogens is 452 g/mol. The van der Waals surface area contributed by atoms with Gasteiger partial charge in [0.2, 0.25) is 0 Å². The molecule has 0 spiro atoms. The van der Waals surface area contributed by atoms with E-state index in [4.69, 9.17) is 4.74 Å². The number of aromatic nitrogens is 1. The number of H-pyrrole nitrogens is 1. The lowest BCUT2D eigenvalue weighted by molar-refractivity contribution is 0.104. The number of aliphatic hydroxyl groups is 1. The summed E-state index contributed by atoms with van der Waals surface area (Å²) in [6.45, 7) is 0.447. The Morgan fingerprint density at radius 3 is 2.47 bits per heavy atom. The molecule has 0 saturated heterocycles. The number of ketones is 1. The molecule has 0 fully saturated rings. The van der Waals surface area contributed by atoms with Crippen LogP contribution >= 0.6 is 0 Å². The number of hydrogen-bond acceptors (Lipinski definition) is 5. The molecule has 1 atom stereocenters. The lowest BCUT2D eigenvalue weighted by Crippen LogP contribution is -2.26. The highest BCUT2D eigenvalue weighted by Gasteiger charge is 2.12. The van der Waals surface area contributed by atoms with E-state index in [1.54, 1.807) is 42.5 Å². The van der Waals surface area contributed by atoms with Crippen LogP contribution in [0.3, 0.4) is 0 Å². The molecule has 1 heterocycles. The predicted molar refractivity (Wildman–Crippen MR) is 144 cm³/mol. The Hall–Kier alpha value is -4.55. The molecule has 0 amide bonds. The quantitative estimate of drug-likeness (QED) is 0.159. The standard InChI is InChI=1S/C30H26N2O4/c33-23-15-8-20(9-16-23)10-17-28(35)21-11-13-22(14-12-21)31-18-24(34)19-36-29-7-3-6-27-30(29)25-4-1-2-5-26(25)32-27/h1-17,24,31-34H,18-19H2. The average Bonchev–Trinajstić information content (AvgIpc) is 3.30. The molecule has 36 heavy (non-hydrogen) atoms. The molecule has 0 radical (unpaired) electrons. The number of aromatic hydroxyl groups is 1. The third-order valence-electron chi connectivity index (χ3n) is 5.95. The van der Waals surface area contributed by atoms with Crippen LogP contribution in [0.15, 0.2) is 97.1 Å². The maximum Gasteiger partial charge on any atom is 0.185 e. The van der Waals surface area contributed by atoms with Crippen LogP contribution in [-0.4, -0.2) is 40.2 Å². The summed E-state index contributed by atoms with van der Waals surface area (Å²) in [5.41, 5.74) is 4.23. The number of anilines is 1. The molecule has 6 heteroatoms. The number of phenolic OH excluding ortho intramolecular Hbond substituents is 1. The average molecular weight is 479 g/mol. The fourth-order valence-electron chi connectivity index (χ4n) is 4.08. The smallest absolute Gasteiger partial charge is 0.185 e. The Morgan fingerprint density at radius 2 is 1.67 bits per heavy atom. The Morgan fingerprint density at radius 1 is 0.917 bits per heavy atom. The van der Waals surface area contributed by atoms with Gasteiger partial charge in [-0.2, -0.15) is 0 Å². The number of aliphatic hydroxyl groups excluding tert-OH is 1. The molecule has 1 aromatic heterocycles. The maximum absolute atomic E-state index is 12.4. The summed E-state index contributed by atoms with van der Waals surface area (Å²) in [5.74, 6) is 0.798. The van der Waals surface area contributed by atoms with Gasteiger partial charge in [0.05, 0.1) is 5.52 Å². The lowest BCUT2D eigenvalue weighted by Gasteiger charge is -2.15. The van der Waals surface area contributed by atoms with Gasteiger partial charge in [0.15, 0.2) is 5.78 Å². The van der Waals surface area contributed by atoms with Crippen molar-refractivity contribution in [3.8, 4) is 11.5 Å². The van der Waals surface area contributed by atoms with E-state index < -0.39 is 6.10 Å². The van der Waals surface area contributed by atoms with Gasteiger partial charge in [-0.15, -0.1) is 0 Å². The number of para-hydroxylation sites is 1. The van der Waals surface area contributed by atoms with E-state index in [9.17, 15) is 15.0 Å².